The summed E-state index contributed by atoms with van der Waals surface area (Å²) in [5, 5.41) is 3.94. The molecule has 76 valence electrons. The highest BCUT2D eigenvalue weighted by atomic mass is 19.3. The highest BCUT2D eigenvalue weighted by Crippen LogP contribution is 2.54. The molecule has 2 aliphatic rings. The standard InChI is InChI=1S/C10H12F2N2/c1-14-9-6-3-2-5(4-6)7(9)8(13-14)10(11)12/h5-6,10H,2-4H2,1H3. The molecule has 1 aromatic heterocycles. The van der Waals surface area contributed by atoms with Crippen LogP contribution in [0.15, 0.2) is 0 Å². The molecule has 0 radical (unpaired) electrons. The molecule has 2 unspecified atom stereocenters. The number of alkyl halides is 2. The average molecular weight is 198 g/mol. The zero-order chi connectivity index (χ0) is 9.87. The van der Waals surface area contributed by atoms with Crippen LogP contribution in [0.2, 0.25) is 0 Å². The Bertz CT molecular complexity index is 384. The molecule has 14 heavy (non-hydrogen) atoms. The van der Waals surface area contributed by atoms with Gasteiger partial charge in [0.1, 0.15) is 5.69 Å². The summed E-state index contributed by atoms with van der Waals surface area (Å²) in [4.78, 5) is 0. The van der Waals surface area contributed by atoms with Gasteiger partial charge in [0.05, 0.1) is 0 Å². The molecule has 0 aliphatic heterocycles. The first-order valence-electron chi connectivity index (χ1n) is 5.03. The maximum Gasteiger partial charge on any atom is 0.282 e. The van der Waals surface area contributed by atoms with E-state index < -0.39 is 6.43 Å². The van der Waals surface area contributed by atoms with Gasteiger partial charge >= 0.3 is 0 Å². The molecule has 0 saturated heterocycles. The van der Waals surface area contributed by atoms with Gasteiger partial charge in [-0.3, -0.25) is 4.68 Å². The average Bonchev–Trinajstić information content (AvgIpc) is 2.75. The van der Waals surface area contributed by atoms with Crippen LogP contribution in [-0.4, -0.2) is 9.78 Å². The molecule has 1 saturated carbocycles. The molecule has 0 N–H and O–H groups in total. The summed E-state index contributed by atoms with van der Waals surface area (Å²) >= 11 is 0. The molecule has 0 amide bonds. The monoisotopic (exact) mass is 198 g/mol. The zero-order valence-corrected chi connectivity index (χ0v) is 8.00. The maximum atomic E-state index is 12.7. The lowest BCUT2D eigenvalue weighted by atomic mass is 9.95. The van der Waals surface area contributed by atoms with Crippen molar-refractivity contribution in [3.05, 3.63) is 17.0 Å². The lowest BCUT2D eigenvalue weighted by molar-refractivity contribution is 0.143. The van der Waals surface area contributed by atoms with Crippen molar-refractivity contribution < 1.29 is 8.78 Å². The van der Waals surface area contributed by atoms with Crippen molar-refractivity contribution in [1.82, 2.24) is 9.78 Å². The van der Waals surface area contributed by atoms with Crippen LogP contribution in [0.1, 0.15) is 54.5 Å². The minimum Gasteiger partial charge on any atom is -0.272 e. The van der Waals surface area contributed by atoms with Gasteiger partial charge in [0.25, 0.3) is 6.43 Å². The second-order valence-corrected chi connectivity index (χ2v) is 4.32. The number of halogens is 2. The van der Waals surface area contributed by atoms with E-state index >= 15 is 0 Å². The van der Waals surface area contributed by atoms with E-state index in [0.29, 0.717) is 11.8 Å². The van der Waals surface area contributed by atoms with Gasteiger partial charge in [0.2, 0.25) is 0 Å². The molecule has 2 bridgehead atoms. The summed E-state index contributed by atoms with van der Waals surface area (Å²) in [6, 6.07) is 0. The van der Waals surface area contributed by atoms with E-state index in [2.05, 4.69) is 5.10 Å². The van der Waals surface area contributed by atoms with Gasteiger partial charge in [-0.1, -0.05) is 0 Å². The number of aromatic nitrogens is 2. The summed E-state index contributed by atoms with van der Waals surface area (Å²) in [5.74, 6) is 0.868. The molecule has 1 aromatic rings. The van der Waals surface area contributed by atoms with Gasteiger partial charge in [-0.25, -0.2) is 8.78 Å². The third-order valence-electron chi connectivity index (χ3n) is 3.59. The Morgan fingerprint density at radius 3 is 2.79 bits per heavy atom. The first kappa shape index (κ1) is 8.38. The molecule has 2 nitrogen and oxygen atoms in total. The van der Waals surface area contributed by atoms with E-state index in [1.54, 1.807) is 11.7 Å². The summed E-state index contributed by atoms with van der Waals surface area (Å²) in [5.41, 5.74) is 1.99. The van der Waals surface area contributed by atoms with E-state index in [4.69, 9.17) is 0 Å². The van der Waals surface area contributed by atoms with Crippen LogP contribution >= 0.6 is 0 Å². The fraction of sp³-hybridized carbons (Fsp3) is 0.700. The molecule has 2 atom stereocenters. The van der Waals surface area contributed by atoms with Crippen molar-refractivity contribution in [2.75, 3.05) is 0 Å². The van der Waals surface area contributed by atoms with Gasteiger partial charge in [-0.2, -0.15) is 5.10 Å². The minimum absolute atomic E-state index is 0.0368. The van der Waals surface area contributed by atoms with Crippen LogP contribution in [-0.2, 0) is 7.05 Å². The number of aryl methyl sites for hydroxylation is 1. The molecule has 1 heterocycles. The zero-order valence-electron chi connectivity index (χ0n) is 8.00. The molecule has 4 heteroatoms. The Labute approximate surface area is 80.9 Å². The number of fused-ring (bicyclic) bond motifs is 5. The van der Waals surface area contributed by atoms with Crippen molar-refractivity contribution in [2.24, 2.45) is 7.05 Å². The second-order valence-electron chi connectivity index (χ2n) is 4.32. The first-order valence-corrected chi connectivity index (χ1v) is 5.03. The van der Waals surface area contributed by atoms with Gasteiger partial charge in [0, 0.05) is 24.2 Å². The lowest BCUT2D eigenvalue weighted by Gasteiger charge is -2.11. The third kappa shape index (κ3) is 0.863. The number of hydrogen-bond donors (Lipinski definition) is 0. The Kier molecular flexibility index (Phi) is 1.53. The normalized spacial score (nSPS) is 28.9. The third-order valence-corrected chi connectivity index (χ3v) is 3.59. The minimum atomic E-state index is -2.41. The predicted octanol–water partition coefficient (Wildman–Crippen LogP) is 2.72. The van der Waals surface area contributed by atoms with Crippen LogP contribution < -0.4 is 0 Å². The van der Waals surface area contributed by atoms with Crippen molar-refractivity contribution in [2.45, 2.75) is 37.5 Å². The largest absolute Gasteiger partial charge is 0.282 e. The van der Waals surface area contributed by atoms with Crippen LogP contribution in [0.4, 0.5) is 8.78 Å². The van der Waals surface area contributed by atoms with Crippen LogP contribution in [0.25, 0.3) is 0 Å². The van der Waals surface area contributed by atoms with Gasteiger partial charge in [0.15, 0.2) is 0 Å². The molecule has 3 rings (SSSR count). The van der Waals surface area contributed by atoms with Crippen molar-refractivity contribution in [1.29, 1.82) is 0 Å². The highest BCUT2D eigenvalue weighted by Gasteiger charge is 2.43. The molecular formula is C10H12F2N2. The van der Waals surface area contributed by atoms with Crippen molar-refractivity contribution >= 4 is 0 Å². The molecule has 1 fully saturated rings. The fourth-order valence-electron chi connectivity index (χ4n) is 3.13. The quantitative estimate of drug-likeness (QED) is 0.678. The highest BCUT2D eigenvalue weighted by molar-refractivity contribution is 5.41. The van der Waals surface area contributed by atoms with Crippen LogP contribution in [0.5, 0.6) is 0 Å². The van der Waals surface area contributed by atoms with Crippen LogP contribution in [0.3, 0.4) is 0 Å². The van der Waals surface area contributed by atoms with Crippen molar-refractivity contribution in [3.8, 4) is 0 Å². The smallest absolute Gasteiger partial charge is 0.272 e. The van der Waals surface area contributed by atoms with E-state index in [1.165, 1.54) is 0 Å². The SMILES string of the molecule is Cn1nc(C(F)F)c2c1C1CCC2C1. The first-order chi connectivity index (χ1) is 6.68. The number of nitrogens with zero attached hydrogens (tertiary/aromatic N) is 2. The lowest BCUT2D eigenvalue weighted by Crippen LogP contribution is -2.02. The molecule has 0 spiro atoms. The Balaban J connectivity index is 2.19. The van der Waals surface area contributed by atoms with Gasteiger partial charge < -0.3 is 0 Å². The molecular weight excluding hydrogens is 186 g/mol. The van der Waals surface area contributed by atoms with E-state index in [1.807, 2.05) is 0 Å². The van der Waals surface area contributed by atoms with Gasteiger partial charge in [-0.15, -0.1) is 0 Å². The topological polar surface area (TPSA) is 17.8 Å². The fourth-order valence-corrected chi connectivity index (χ4v) is 3.13. The summed E-state index contributed by atoms with van der Waals surface area (Å²) in [6.45, 7) is 0. The summed E-state index contributed by atoms with van der Waals surface area (Å²) < 4.78 is 27.0. The van der Waals surface area contributed by atoms with Crippen molar-refractivity contribution in [3.63, 3.8) is 0 Å². The number of hydrogen-bond acceptors (Lipinski definition) is 1. The Hall–Kier alpha value is -0.930. The maximum absolute atomic E-state index is 12.7. The van der Waals surface area contributed by atoms with E-state index in [-0.39, 0.29) is 5.69 Å². The second kappa shape index (κ2) is 2.55. The molecule has 2 aliphatic carbocycles. The van der Waals surface area contributed by atoms with E-state index in [0.717, 1.165) is 30.5 Å². The summed E-state index contributed by atoms with van der Waals surface area (Å²) in [6.07, 6.45) is 0.883. The molecule has 0 aromatic carbocycles. The number of rotatable bonds is 1. The summed E-state index contributed by atoms with van der Waals surface area (Å²) in [7, 11) is 1.78. The predicted molar refractivity (Wildman–Crippen MR) is 47.5 cm³/mol. The Morgan fingerprint density at radius 2 is 2.07 bits per heavy atom. The van der Waals surface area contributed by atoms with Crippen LogP contribution in [0, 0.1) is 0 Å². The Morgan fingerprint density at radius 1 is 1.36 bits per heavy atom. The van der Waals surface area contributed by atoms with E-state index in [9.17, 15) is 8.78 Å². The van der Waals surface area contributed by atoms with Gasteiger partial charge in [-0.05, 0) is 25.2 Å².